The smallest absolute Gasteiger partial charge is 0.254 e. The van der Waals surface area contributed by atoms with Crippen molar-refractivity contribution in [1.29, 1.82) is 0 Å². The van der Waals surface area contributed by atoms with Crippen LogP contribution in [-0.2, 0) is 6.54 Å². The Morgan fingerprint density at radius 1 is 1.13 bits per heavy atom. The van der Waals surface area contributed by atoms with Gasteiger partial charge in [-0.05, 0) is 37.3 Å². The SMILES string of the molecule is Cc1nn(-c2ccccc2)c2[nH]c(=O)c(CNC[C@H]3COc4ccccc4O3)cc12. The summed E-state index contributed by atoms with van der Waals surface area (Å²) < 4.78 is 13.5. The van der Waals surface area contributed by atoms with E-state index in [-0.39, 0.29) is 11.7 Å². The maximum Gasteiger partial charge on any atom is 0.254 e. The molecule has 0 amide bonds. The minimum absolute atomic E-state index is 0.106. The van der Waals surface area contributed by atoms with E-state index in [9.17, 15) is 4.79 Å². The van der Waals surface area contributed by atoms with Crippen LogP contribution in [0.15, 0.2) is 65.5 Å². The zero-order chi connectivity index (χ0) is 20.5. The van der Waals surface area contributed by atoms with E-state index in [0.717, 1.165) is 28.3 Å². The topological polar surface area (TPSA) is 81.2 Å². The second-order valence-electron chi connectivity index (χ2n) is 7.35. The maximum atomic E-state index is 12.7. The summed E-state index contributed by atoms with van der Waals surface area (Å²) in [5.41, 5.74) is 3.01. The van der Waals surface area contributed by atoms with Gasteiger partial charge >= 0.3 is 0 Å². The second kappa shape index (κ2) is 7.68. The summed E-state index contributed by atoms with van der Waals surface area (Å²) in [6, 6.07) is 19.3. The summed E-state index contributed by atoms with van der Waals surface area (Å²) in [4.78, 5) is 15.7. The number of aryl methyl sites for hydroxylation is 1. The van der Waals surface area contributed by atoms with Crippen molar-refractivity contribution in [2.75, 3.05) is 13.2 Å². The van der Waals surface area contributed by atoms with Crippen molar-refractivity contribution in [3.05, 3.63) is 82.3 Å². The molecule has 152 valence electrons. The Labute approximate surface area is 173 Å². The lowest BCUT2D eigenvalue weighted by molar-refractivity contribution is 0.0902. The van der Waals surface area contributed by atoms with E-state index in [1.54, 1.807) is 4.68 Å². The van der Waals surface area contributed by atoms with Crippen LogP contribution in [0.25, 0.3) is 16.7 Å². The van der Waals surface area contributed by atoms with Gasteiger partial charge in [-0.2, -0.15) is 5.10 Å². The van der Waals surface area contributed by atoms with Crippen molar-refractivity contribution in [3.63, 3.8) is 0 Å². The first-order chi connectivity index (χ1) is 14.7. The number of nitrogens with zero attached hydrogens (tertiary/aromatic N) is 2. The lowest BCUT2D eigenvalue weighted by atomic mass is 10.2. The number of aromatic nitrogens is 3. The van der Waals surface area contributed by atoms with Crippen LogP contribution in [-0.4, -0.2) is 34.0 Å². The minimum Gasteiger partial charge on any atom is -0.486 e. The Balaban J connectivity index is 1.32. The Morgan fingerprint density at radius 2 is 1.90 bits per heavy atom. The standard InChI is InChI=1S/C23H22N4O3/c1-15-19-11-16(12-24-13-18-14-29-20-9-5-6-10-21(20)30-18)23(28)25-22(19)27(26-15)17-7-3-2-4-8-17/h2-11,18,24H,12-14H2,1H3,(H,25,28)/t18-/m0/s1. The van der Waals surface area contributed by atoms with E-state index in [4.69, 9.17) is 9.47 Å². The molecule has 0 saturated heterocycles. The minimum atomic E-state index is -0.127. The Bertz CT molecular complexity index is 1250. The third-order valence-electron chi connectivity index (χ3n) is 5.20. The average Bonchev–Trinajstić information content (AvgIpc) is 3.10. The van der Waals surface area contributed by atoms with E-state index in [1.165, 1.54) is 0 Å². The number of pyridine rings is 1. The van der Waals surface area contributed by atoms with Crippen molar-refractivity contribution in [1.82, 2.24) is 20.1 Å². The second-order valence-corrected chi connectivity index (χ2v) is 7.35. The van der Waals surface area contributed by atoms with E-state index in [1.807, 2.05) is 67.6 Å². The number of aromatic amines is 1. The Morgan fingerprint density at radius 3 is 2.73 bits per heavy atom. The highest BCUT2D eigenvalue weighted by Crippen LogP contribution is 2.30. The third kappa shape index (κ3) is 3.44. The fourth-order valence-electron chi connectivity index (χ4n) is 3.68. The molecule has 4 aromatic rings. The number of rotatable bonds is 5. The lowest BCUT2D eigenvalue weighted by Crippen LogP contribution is -2.38. The molecular weight excluding hydrogens is 380 g/mol. The molecule has 2 N–H and O–H groups in total. The first-order valence-electron chi connectivity index (χ1n) is 9.95. The van der Waals surface area contributed by atoms with Crippen LogP contribution in [0.4, 0.5) is 0 Å². The van der Waals surface area contributed by atoms with Gasteiger partial charge in [-0.15, -0.1) is 0 Å². The molecule has 0 radical (unpaired) electrons. The Hall–Kier alpha value is -3.58. The molecule has 5 rings (SSSR count). The molecule has 1 aliphatic heterocycles. The molecule has 1 atom stereocenters. The molecule has 0 bridgehead atoms. The zero-order valence-electron chi connectivity index (χ0n) is 16.6. The molecule has 0 saturated carbocycles. The van der Waals surface area contributed by atoms with Gasteiger partial charge in [-0.3, -0.25) is 4.79 Å². The summed E-state index contributed by atoms with van der Waals surface area (Å²) in [5, 5.41) is 8.85. The fraction of sp³-hybridized carbons (Fsp3) is 0.217. The molecular formula is C23H22N4O3. The molecule has 30 heavy (non-hydrogen) atoms. The van der Waals surface area contributed by atoms with Gasteiger partial charge in [0.05, 0.1) is 11.4 Å². The third-order valence-corrected chi connectivity index (χ3v) is 5.20. The van der Waals surface area contributed by atoms with Gasteiger partial charge in [0.15, 0.2) is 11.5 Å². The summed E-state index contributed by atoms with van der Waals surface area (Å²) in [7, 11) is 0. The van der Waals surface area contributed by atoms with Crippen LogP contribution in [0, 0.1) is 6.92 Å². The number of hydrogen-bond donors (Lipinski definition) is 2. The predicted octanol–water partition coefficient (Wildman–Crippen LogP) is 2.95. The van der Waals surface area contributed by atoms with Gasteiger partial charge in [0.2, 0.25) is 0 Å². The number of benzene rings is 2. The molecule has 0 unspecified atom stereocenters. The molecule has 7 nitrogen and oxygen atoms in total. The van der Waals surface area contributed by atoms with Gasteiger partial charge < -0.3 is 19.8 Å². The number of ether oxygens (including phenoxy) is 2. The number of hydrogen-bond acceptors (Lipinski definition) is 5. The van der Waals surface area contributed by atoms with Gasteiger partial charge in [-0.25, -0.2) is 4.68 Å². The summed E-state index contributed by atoms with van der Waals surface area (Å²) in [5.74, 6) is 1.51. The molecule has 0 spiro atoms. The predicted molar refractivity (Wildman–Crippen MR) is 114 cm³/mol. The fourth-order valence-corrected chi connectivity index (χ4v) is 3.68. The highest BCUT2D eigenvalue weighted by atomic mass is 16.6. The number of para-hydroxylation sites is 3. The molecule has 2 aromatic heterocycles. The Kier molecular flexibility index (Phi) is 4.72. The average molecular weight is 402 g/mol. The van der Waals surface area contributed by atoms with Gasteiger partial charge in [0, 0.05) is 24.0 Å². The van der Waals surface area contributed by atoms with Crippen molar-refractivity contribution >= 4 is 11.0 Å². The quantitative estimate of drug-likeness (QED) is 0.536. The molecule has 7 heteroatoms. The zero-order valence-corrected chi connectivity index (χ0v) is 16.6. The number of nitrogens with one attached hydrogen (secondary N) is 2. The van der Waals surface area contributed by atoms with Crippen molar-refractivity contribution in [2.45, 2.75) is 19.6 Å². The van der Waals surface area contributed by atoms with Crippen LogP contribution in [0.1, 0.15) is 11.3 Å². The van der Waals surface area contributed by atoms with E-state index >= 15 is 0 Å². The normalized spacial score (nSPS) is 15.4. The molecule has 3 heterocycles. The first kappa shape index (κ1) is 18.4. The van der Waals surface area contributed by atoms with Crippen molar-refractivity contribution < 1.29 is 9.47 Å². The van der Waals surface area contributed by atoms with Crippen molar-refractivity contribution in [3.8, 4) is 17.2 Å². The summed E-state index contributed by atoms with van der Waals surface area (Å²) in [6.07, 6.45) is -0.106. The molecule has 1 aliphatic rings. The van der Waals surface area contributed by atoms with E-state index in [2.05, 4.69) is 15.4 Å². The highest BCUT2D eigenvalue weighted by molar-refractivity contribution is 5.80. The van der Waals surface area contributed by atoms with Crippen LogP contribution < -0.4 is 20.3 Å². The first-order valence-corrected chi connectivity index (χ1v) is 9.95. The summed E-state index contributed by atoms with van der Waals surface area (Å²) in [6.45, 7) is 3.43. The van der Waals surface area contributed by atoms with Crippen LogP contribution in [0.5, 0.6) is 11.5 Å². The van der Waals surface area contributed by atoms with Crippen LogP contribution in [0.3, 0.4) is 0 Å². The van der Waals surface area contributed by atoms with Crippen molar-refractivity contribution in [2.24, 2.45) is 0 Å². The van der Waals surface area contributed by atoms with Crippen LogP contribution >= 0.6 is 0 Å². The lowest BCUT2D eigenvalue weighted by Gasteiger charge is -2.26. The largest absolute Gasteiger partial charge is 0.486 e. The van der Waals surface area contributed by atoms with Crippen LogP contribution in [0.2, 0.25) is 0 Å². The van der Waals surface area contributed by atoms with E-state index < -0.39 is 0 Å². The monoisotopic (exact) mass is 402 g/mol. The van der Waals surface area contributed by atoms with Gasteiger partial charge in [-0.1, -0.05) is 30.3 Å². The van der Waals surface area contributed by atoms with Gasteiger partial charge in [0.25, 0.3) is 5.56 Å². The molecule has 0 aliphatic carbocycles. The maximum absolute atomic E-state index is 12.7. The highest BCUT2D eigenvalue weighted by Gasteiger charge is 2.20. The van der Waals surface area contributed by atoms with Gasteiger partial charge in [0.1, 0.15) is 18.4 Å². The summed E-state index contributed by atoms with van der Waals surface area (Å²) >= 11 is 0. The van der Waals surface area contributed by atoms with E-state index in [0.29, 0.717) is 30.9 Å². The molecule has 2 aromatic carbocycles. The number of fused-ring (bicyclic) bond motifs is 2. The molecule has 0 fully saturated rings. The number of H-pyrrole nitrogens is 1.